The van der Waals surface area contributed by atoms with Gasteiger partial charge in [0.05, 0.1) is 0 Å². The molecule has 6 heteroatoms. The fourth-order valence-electron chi connectivity index (χ4n) is 2.07. The molecule has 0 bridgehead atoms. The van der Waals surface area contributed by atoms with Gasteiger partial charge in [0.2, 0.25) is 6.79 Å². The first-order valence-corrected chi connectivity index (χ1v) is 6.17. The van der Waals surface area contributed by atoms with Gasteiger partial charge in [0, 0.05) is 30.1 Å². The van der Waals surface area contributed by atoms with Gasteiger partial charge < -0.3 is 20.1 Å². The van der Waals surface area contributed by atoms with E-state index in [1.165, 1.54) is 5.56 Å². The predicted octanol–water partition coefficient (Wildman–Crippen LogP) is 1.83. The van der Waals surface area contributed by atoms with Crippen molar-refractivity contribution in [2.24, 2.45) is 0 Å². The van der Waals surface area contributed by atoms with Crippen LogP contribution in [0.15, 0.2) is 16.6 Å². The molecule has 94 valence electrons. The molecule has 3 rings (SSSR count). The van der Waals surface area contributed by atoms with Crippen LogP contribution in [-0.2, 0) is 0 Å². The number of hydrogen-bond donors (Lipinski definition) is 2. The number of rotatable bonds is 1. The van der Waals surface area contributed by atoms with Gasteiger partial charge in [-0.05, 0) is 17.7 Å². The third kappa shape index (κ3) is 2.52. The standard InChI is InChI=1S/C11H13BrN2O2.ClH/c12-8-4-11-10(15-6-16-11)3-7(8)9-5-13-1-2-14-9;/h3-4,9,13-14H,1-2,5-6H2;1H/t9-;/m0./s1. The summed E-state index contributed by atoms with van der Waals surface area (Å²) < 4.78 is 11.8. The van der Waals surface area contributed by atoms with Crippen molar-refractivity contribution in [3.63, 3.8) is 0 Å². The van der Waals surface area contributed by atoms with E-state index in [2.05, 4.69) is 32.6 Å². The molecule has 0 aliphatic carbocycles. The highest BCUT2D eigenvalue weighted by molar-refractivity contribution is 9.10. The molecule has 17 heavy (non-hydrogen) atoms. The summed E-state index contributed by atoms with van der Waals surface area (Å²) in [5.74, 6) is 1.66. The van der Waals surface area contributed by atoms with E-state index in [-0.39, 0.29) is 12.4 Å². The minimum absolute atomic E-state index is 0. The Labute approximate surface area is 115 Å². The molecule has 0 unspecified atom stereocenters. The summed E-state index contributed by atoms with van der Waals surface area (Å²) in [5, 5.41) is 6.85. The van der Waals surface area contributed by atoms with Crippen LogP contribution in [0.5, 0.6) is 11.5 Å². The van der Waals surface area contributed by atoms with E-state index in [1.54, 1.807) is 0 Å². The highest BCUT2D eigenvalue weighted by Crippen LogP contribution is 2.39. The fraction of sp³-hybridized carbons (Fsp3) is 0.455. The summed E-state index contributed by atoms with van der Waals surface area (Å²) in [7, 11) is 0. The first kappa shape index (κ1) is 13.0. The SMILES string of the molecule is Brc1cc2c(cc1[C@@H]1CNCCN1)OCO2.Cl. The molecule has 1 fully saturated rings. The Morgan fingerprint density at radius 2 is 1.94 bits per heavy atom. The van der Waals surface area contributed by atoms with Gasteiger partial charge in [0.15, 0.2) is 11.5 Å². The number of benzene rings is 1. The summed E-state index contributed by atoms with van der Waals surface area (Å²) in [6.45, 7) is 3.28. The summed E-state index contributed by atoms with van der Waals surface area (Å²) >= 11 is 3.58. The normalized spacial score (nSPS) is 22.1. The van der Waals surface area contributed by atoms with Crippen molar-refractivity contribution in [1.82, 2.24) is 10.6 Å². The van der Waals surface area contributed by atoms with E-state index >= 15 is 0 Å². The Bertz CT molecular complexity index is 411. The van der Waals surface area contributed by atoms with Crippen molar-refractivity contribution in [1.29, 1.82) is 0 Å². The smallest absolute Gasteiger partial charge is 0.231 e. The highest BCUT2D eigenvalue weighted by atomic mass is 79.9. The highest BCUT2D eigenvalue weighted by Gasteiger charge is 2.22. The number of nitrogens with one attached hydrogen (secondary N) is 2. The second-order valence-corrected chi connectivity index (χ2v) is 4.79. The molecule has 2 N–H and O–H groups in total. The van der Waals surface area contributed by atoms with Crippen molar-refractivity contribution < 1.29 is 9.47 Å². The monoisotopic (exact) mass is 320 g/mol. The van der Waals surface area contributed by atoms with Crippen molar-refractivity contribution in [2.45, 2.75) is 6.04 Å². The number of piperazine rings is 1. The Balaban J connectivity index is 0.00000108. The van der Waals surface area contributed by atoms with E-state index in [9.17, 15) is 0 Å². The van der Waals surface area contributed by atoms with Crippen molar-refractivity contribution in [3.8, 4) is 11.5 Å². The van der Waals surface area contributed by atoms with Gasteiger partial charge in [-0.25, -0.2) is 0 Å². The number of hydrogen-bond acceptors (Lipinski definition) is 4. The minimum Gasteiger partial charge on any atom is -0.454 e. The van der Waals surface area contributed by atoms with Crippen LogP contribution >= 0.6 is 28.3 Å². The molecule has 1 aromatic carbocycles. The van der Waals surface area contributed by atoms with E-state index in [4.69, 9.17) is 9.47 Å². The molecular formula is C11H14BrClN2O2. The third-order valence-electron chi connectivity index (χ3n) is 2.91. The van der Waals surface area contributed by atoms with Crippen LogP contribution in [0.25, 0.3) is 0 Å². The van der Waals surface area contributed by atoms with Gasteiger partial charge >= 0.3 is 0 Å². The van der Waals surface area contributed by atoms with E-state index < -0.39 is 0 Å². The molecule has 4 nitrogen and oxygen atoms in total. The van der Waals surface area contributed by atoms with Gasteiger partial charge in [-0.3, -0.25) is 0 Å². The molecular weight excluding hydrogens is 307 g/mol. The first-order valence-electron chi connectivity index (χ1n) is 5.38. The first-order chi connectivity index (χ1) is 7.84. The van der Waals surface area contributed by atoms with Crippen LogP contribution in [0.1, 0.15) is 11.6 Å². The number of halogens is 2. The Morgan fingerprint density at radius 1 is 1.18 bits per heavy atom. The maximum atomic E-state index is 5.39. The largest absolute Gasteiger partial charge is 0.454 e. The maximum Gasteiger partial charge on any atom is 0.231 e. The predicted molar refractivity (Wildman–Crippen MR) is 71.1 cm³/mol. The molecule has 2 aliphatic heterocycles. The van der Waals surface area contributed by atoms with Crippen LogP contribution in [-0.4, -0.2) is 26.4 Å². The van der Waals surface area contributed by atoms with E-state index in [0.717, 1.165) is 35.6 Å². The quantitative estimate of drug-likeness (QED) is 0.828. The summed E-state index contributed by atoms with van der Waals surface area (Å²) in [6, 6.07) is 4.36. The molecule has 0 radical (unpaired) electrons. The lowest BCUT2D eigenvalue weighted by Crippen LogP contribution is -2.42. The Morgan fingerprint density at radius 3 is 2.65 bits per heavy atom. The number of fused-ring (bicyclic) bond motifs is 1. The zero-order valence-corrected chi connectivity index (χ0v) is 11.6. The Hall–Kier alpha value is -0.490. The molecule has 0 amide bonds. The summed E-state index contributed by atoms with van der Waals surface area (Å²) in [6.07, 6.45) is 0. The van der Waals surface area contributed by atoms with Gasteiger partial charge in [-0.15, -0.1) is 12.4 Å². The zero-order valence-electron chi connectivity index (χ0n) is 9.16. The van der Waals surface area contributed by atoms with E-state index in [1.807, 2.05) is 6.07 Å². The molecule has 1 atom stereocenters. The second kappa shape index (κ2) is 5.44. The van der Waals surface area contributed by atoms with Gasteiger partial charge in [-0.2, -0.15) is 0 Å². The molecule has 0 aromatic heterocycles. The third-order valence-corrected chi connectivity index (χ3v) is 3.60. The van der Waals surface area contributed by atoms with Crippen LogP contribution in [0.2, 0.25) is 0 Å². The van der Waals surface area contributed by atoms with Crippen molar-refractivity contribution in [2.75, 3.05) is 26.4 Å². The van der Waals surface area contributed by atoms with Crippen LogP contribution < -0.4 is 20.1 Å². The fourth-order valence-corrected chi connectivity index (χ4v) is 2.67. The molecule has 1 aromatic rings. The van der Waals surface area contributed by atoms with Gasteiger partial charge in [-0.1, -0.05) is 15.9 Å². The lowest BCUT2D eigenvalue weighted by atomic mass is 10.0. The van der Waals surface area contributed by atoms with Crippen LogP contribution in [0, 0.1) is 0 Å². The zero-order chi connectivity index (χ0) is 11.0. The maximum absolute atomic E-state index is 5.39. The molecule has 0 spiro atoms. The summed E-state index contributed by atoms with van der Waals surface area (Å²) in [4.78, 5) is 0. The second-order valence-electron chi connectivity index (χ2n) is 3.94. The lowest BCUT2D eigenvalue weighted by Gasteiger charge is -2.25. The van der Waals surface area contributed by atoms with Crippen LogP contribution in [0.4, 0.5) is 0 Å². The minimum atomic E-state index is 0. The van der Waals surface area contributed by atoms with Crippen molar-refractivity contribution >= 4 is 28.3 Å². The molecule has 0 saturated carbocycles. The van der Waals surface area contributed by atoms with Crippen LogP contribution in [0.3, 0.4) is 0 Å². The van der Waals surface area contributed by atoms with Gasteiger partial charge in [0.25, 0.3) is 0 Å². The van der Waals surface area contributed by atoms with Crippen molar-refractivity contribution in [3.05, 3.63) is 22.2 Å². The Kier molecular flexibility index (Phi) is 4.14. The van der Waals surface area contributed by atoms with E-state index in [0.29, 0.717) is 12.8 Å². The lowest BCUT2D eigenvalue weighted by molar-refractivity contribution is 0.174. The molecule has 2 aliphatic rings. The van der Waals surface area contributed by atoms with Gasteiger partial charge in [0.1, 0.15) is 0 Å². The average molecular weight is 322 g/mol. The average Bonchev–Trinajstić information content (AvgIpc) is 2.76. The molecule has 2 heterocycles. The topological polar surface area (TPSA) is 42.5 Å². The molecule has 1 saturated heterocycles. The number of ether oxygens (including phenoxy) is 2. The summed E-state index contributed by atoms with van der Waals surface area (Å²) in [5.41, 5.74) is 1.22.